The monoisotopic (exact) mass is 392 g/mol. The number of anilines is 2. The summed E-state index contributed by atoms with van der Waals surface area (Å²) < 4.78 is 10.5. The van der Waals surface area contributed by atoms with Crippen molar-refractivity contribution in [3.05, 3.63) is 46.4 Å². The van der Waals surface area contributed by atoms with Gasteiger partial charge in [-0.3, -0.25) is 9.59 Å². The fraction of sp³-hybridized carbons (Fsp3) is 0.222. The molecule has 1 saturated carbocycles. The summed E-state index contributed by atoms with van der Waals surface area (Å²) in [5, 5.41) is 6.17. The van der Waals surface area contributed by atoms with Crippen LogP contribution in [-0.2, 0) is 9.59 Å². The van der Waals surface area contributed by atoms with Crippen molar-refractivity contribution in [2.75, 3.05) is 17.4 Å². The first-order chi connectivity index (χ1) is 12.5. The Balaban J connectivity index is 1.36. The van der Waals surface area contributed by atoms with Crippen molar-refractivity contribution >= 4 is 46.4 Å². The Labute approximate surface area is 159 Å². The highest BCUT2D eigenvalue weighted by atomic mass is 35.5. The van der Waals surface area contributed by atoms with Gasteiger partial charge in [0.25, 0.3) is 0 Å². The highest BCUT2D eigenvalue weighted by Crippen LogP contribution is 2.42. The molecule has 0 aromatic heterocycles. The van der Waals surface area contributed by atoms with Crippen LogP contribution in [0.15, 0.2) is 36.4 Å². The molecule has 134 valence electrons. The summed E-state index contributed by atoms with van der Waals surface area (Å²) in [5.74, 6) is 0.00668. The van der Waals surface area contributed by atoms with E-state index in [0.717, 1.165) is 0 Å². The third kappa shape index (κ3) is 3.30. The van der Waals surface area contributed by atoms with Gasteiger partial charge >= 0.3 is 0 Å². The minimum Gasteiger partial charge on any atom is -0.454 e. The zero-order valence-corrected chi connectivity index (χ0v) is 14.9. The van der Waals surface area contributed by atoms with Crippen LogP contribution in [-0.4, -0.2) is 18.6 Å². The number of fused-ring (bicyclic) bond motifs is 1. The number of nitrogens with one attached hydrogen (secondary N) is 2. The van der Waals surface area contributed by atoms with Gasteiger partial charge in [-0.2, -0.15) is 0 Å². The van der Waals surface area contributed by atoms with Gasteiger partial charge in [0.1, 0.15) is 0 Å². The molecule has 2 aliphatic rings. The van der Waals surface area contributed by atoms with E-state index in [1.54, 1.807) is 36.4 Å². The van der Waals surface area contributed by atoms with E-state index in [4.69, 9.17) is 32.7 Å². The van der Waals surface area contributed by atoms with Crippen molar-refractivity contribution in [2.24, 2.45) is 11.8 Å². The third-order valence-electron chi connectivity index (χ3n) is 4.31. The van der Waals surface area contributed by atoms with Crippen LogP contribution in [0, 0.1) is 11.8 Å². The molecular formula is C18H14Cl2N2O4. The summed E-state index contributed by atoms with van der Waals surface area (Å²) in [6, 6.07) is 10.2. The first-order valence-electron chi connectivity index (χ1n) is 7.98. The molecule has 2 atom stereocenters. The average Bonchev–Trinajstić information content (AvgIpc) is 3.30. The summed E-state index contributed by atoms with van der Waals surface area (Å²) in [4.78, 5) is 24.7. The lowest BCUT2D eigenvalue weighted by Crippen LogP contribution is -2.20. The van der Waals surface area contributed by atoms with E-state index in [2.05, 4.69) is 10.6 Å². The van der Waals surface area contributed by atoms with E-state index in [0.29, 0.717) is 34.3 Å². The molecule has 2 amide bonds. The first kappa shape index (κ1) is 17.0. The number of halogens is 2. The number of carbonyl (C=O) groups is 2. The number of carbonyl (C=O) groups excluding carboxylic acids is 2. The van der Waals surface area contributed by atoms with Gasteiger partial charge in [0.2, 0.25) is 18.6 Å². The standard InChI is InChI=1S/C18H14Cl2N2O4/c19-12-2-1-3-13(16(12)20)22-18(24)11-7-10(11)17(23)21-9-4-5-14-15(6-9)26-8-25-14/h1-6,10-11H,7-8H2,(H,21,23)(H,22,24). The van der Waals surface area contributed by atoms with Crippen LogP contribution in [0.25, 0.3) is 0 Å². The van der Waals surface area contributed by atoms with Crippen molar-refractivity contribution in [2.45, 2.75) is 6.42 Å². The summed E-state index contributed by atoms with van der Waals surface area (Å²) in [7, 11) is 0. The molecule has 1 heterocycles. The Kier molecular flexibility index (Phi) is 4.38. The number of hydrogen-bond acceptors (Lipinski definition) is 4. The van der Waals surface area contributed by atoms with E-state index in [1.807, 2.05) is 0 Å². The van der Waals surface area contributed by atoms with Crippen LogP contribution in [0.2, 0.25) is 10.0 Å². The lowest BCUT2D eigenvalue weighted by molar-refractivity contribution is -0.122. The fourth-order valence-electron chi connectivity index (χ4n) is 2.81. The maximum Gasteiger partial charge on any atom is 0.231 e. The Bertz CT molecular complexity index is 903. The maximum atomic E-state index is 12.4. The van der Waals surface area contributed by atoms with Gasteiger partial charge in [-0.25, -0.2) is 0 Å². The van der Waals surface area contributed by atoms with Crippen LogP contribution >= 0.6 is 23.2 Å². The SMILES string of the molecule is O=C(Nc1ccc2c(c1)OCO2)C1CC1C(=O)Nc1cccc(Cl)c1Cl. The molecule has 1 aliphatic heterocycles. The minimum absolute atomic E-state index is 0.170. The molecule has 1 fully saturated rings. The predicted molar refractivity (Wildman–Crippen MR) is 97.9 cm³/mol. The molecule has 0 saturated heterocycles. The molecule has 0 spiro atoms. The van der Waals surface area contributed by atoms with Crippen molar-refractivity contribution in [3.63, 3.8) is 0 Å². The molecule has 6 nitrogen and oxygen atoms in total. The number of amides is 2. The molecule has 2 N–H and O–H groups in total. The molecule has 0 radical (unpaired) electrons. The first-order valence-corrected chi connectivity index (χ1v) is 8.74. The van der Waals surface area contributed by atoms with Gasteiger partial charge < -0.3 is 20.1 Å². The van der Waals surface area contributed by atoms with Crippen molar-refractivity contribution < 1.29 is 19.1 Å². The zero-order valence-electron chi connectivity index (χ0n) is 13.4. The summed E-state index contributed by atoms with van der Waals surface area (Å²) in [6.45, 7) is 0.170. The summed E-state index contributed by atoms with van der Waals surface area (Å²) in [5.41, 5.74) is 1.04. The van der Waals surface area contributed by atoms with Crippen molar-refractivity contribution in [3.8, 4) is 11.5 Å². The van der Waals surface area contributed by atoms with Gasteiger partial charge in [-0.05, 0) is 30.7 Å². The van der Waals surface area contributed by atoms with Crippen LogP contribution in [0.4, 0.5) is 11.4 Å². The van der Waals surface area contributed by atoms with Crippen LogP contribution in [0.5, 0.6) is 11.5 Å². The zero-order chi connectivity index (χ0) is 18.3. The fourth-order valence-corrected chi connectivity index (χ4v) is 3.16. The molecule has 2 aromatic carbocycles. The third-order valence-corrected chi connectivity index (χ3v) is 5.13. The smallest absolute Gasteiger partial charge is 0.231 e. The molecule has 2 aromatic rings. The Morgan fingerprint density at radius 3 is 2.50 bits per heavy atom. The van der Waals surface area contributed by atoms with E-state index in [-0.39, 0.29) is 35.5 Å². The van der Waals surface area contributed by atoms with Crippen LogP contribution in [0.3, 0.4) is 0 Å². The molecule has 26 heavy (non-hydrogen) atoms. The lowest BCUT2D eigenvalue weighted by atomic mass is 10.2. The van der Waals surface area contributed by atoms with Crippen LogP contribution < -0.4 is 20.1 Å². The second-order valence-electron chi connectivity index (χ2n) is 6.10. The van der Waals surface area contributed by atoms with Gasteiger partial charge in [0, 0.05) is 11.8 Å². The van der Waals surface area contributed by atoms with Gasteiger partial charge in [-0.15, -0.1) is 0 Å². The number of benzene rings is 2. The van der Waals surface area contributed by atoms with Crippen LogP contribution in [0.1, 0.15) is 6.42 Å². The van der Waals surface area contributed by atoms with E-state index >= 15 is 0 Å². The van der Waals surface area contributed by atoms with Gasteiger partial charge in [-0.1, -0.05) is 29.3 Å². The Hall–Kier alpha value is -2.44. The summed E-state index contributed by atoms with van der Waals surface area (Å²) in [6.07, 6.45) is 0.487. The summed E-state index contributed by atoms with van der Waals surface area (Å²) >= 11 is 12.0. The van der Waals surface area contributed by atoms with Gasteiger partial charge in [0.15, 0.2) is 11.5 Å². The van der Waals surface area contributed by atoms with Gasteiger partial charge in [0.05, 0.1) is 27.6 Å². The highest BCUT2D eigenvalue weighted by molar-refractivity contribution is 6.44. The average molecular weight is 393 g/mol. The second kappa shape index (κ2) is 6.70. The second-order valence-corrected chi connectivity index (χ2v) is 6.88. The predicted octanol–water partition coefficient (Wildman–Crippen LogP) is 3.94. The molecular weight excluding hydrogens is 379 g/mol. The quantitative estimate of drug-likeness (QED) is 0.825. The van der Waals surface area contributed by atoms with E-state index in [9.17, 15) is 9.59 Å². The van der Waals surface area contributed by atoms with Crippen molar-refractivity contribution in [1.29, 1.82) is 0 Å². The van der Waals surface area contributed by atoms with E-state index < -0.39 is 0 Å². The minimum atomic E-state index is -0.390. The topological polar surface area (TPSA) is 76.7 Å². The molecule has 0 bridgehead atoms. The van der Waals surface area contributed by atoms with E-state index in [1.165, 1.54) is 0 Å². The Morgan fingerprint density at radius 2 is 1.69 bits per heavy atom. The molecule has 4 rings (SSSR count). The number of hydrogen-bond donors (Lipinski definition) is 2. The largest absolute Gasteiger partial charge is 0.454 e. The Morgan fingerprint density at radius 1 is 0.962 bits per heavy atom. The maximum absolute atomic E-state index is 12.4. The molecule has 2 unspecified atom stereocenters. The highest BCUT2D eigenvalue weighted by Gasteiger charge is 2.48. The number of rotatable bonds is 4. The lowest BCUT2D eigenvalue weighted by Gasteiger charge is -2.08. The van der Waals surface area contributed by atoms with Crippen molar-refractivity contribution in [1.82, 2.24) is 0 Å². The number of ether oxygens (including phenoxy) is 2. The normalized spacial score (nSPS) is 19.8. The molecule has 8 heteroatoms. The molecule has 1 aliphatic carbocycles.